The van der Waals surface area contributed by atoms with Crippen LogP contribution in [0.2, 0.25) is 0 Å². The van der Waals surface area contributed by atoms with Crippen LogP contribution < -0.4 is 14.8 Å². The minimum atomic E-state index is -5.47. The summed E-state index contributed by atoms with van der Waals surface area (Å²) in [7, 11) is -4.60. The molecule has 0 aliphatic heterocycles. The SMILES string of the molecule is [N-]=[N+]=NCCOCCOCCN(OC(=O)C(F)(F)F)C(=O)OC(Cc1ccc(N)cc1)P(=O)(Oc1ccccc1)Oc1ccccc1. The monoisotopic (exact) mass is 681 g/mol. The van der Waals surface area contributed by atoms with E-state index in [4.69, 9.17) is 34.5 Å². The van der Waals surface area contributed by atoms with Crippen LogP contribution >= 0.6 is 7.60 Å². The van der Waals surface area contributed by atoms with E-state index in [-0.39, 0.29) is 49.3 Å². The Morgan fingerprint density at radius 2 is 1.43 bits per heavy atom. The Labute approximate surface area is 267 Å². The van der Waals surface area contributed by atoms with E-state index in [0.717, 1.165) is 0 Å². The molecule has 0 aromatic heterocycles. The molecule has 0 spiro atoms. The molecule has 0 saturated carbocycles. The van der Waals surface area contributed by atoms with Gasteiger partial charge in [0.15, 0.2) is 0 Å². The molecular weight excluding hydrogens is 650 g/mol. The molecule has 2 N–H and O–H groups in total. The maximum atomic E-state index is 14.6. The van der Waals surface area contributed by atoms with Crippen molar-refractivity contribution in [1.82, 2.24) is 5.06 Å². The minimum Gasteiger partial charge on any atom is -0.428 e. The summed E-state index contributed by atoms with van der Waals surface area (Å²) >= 11 is 0. The first-order chi connectivity index (χ1) is 22.5. The summed E-state index contributed by atoms with van der Waals surface area (Å²) in [4.78, 5) is 32.0. The highest BCUT2D eigenvalue weighted by molar-refractivity contribution is 7.55. The molecule has 0 aliphatic rings. The van der Waals surface area contributed by atoms with Crippen LogP contribution in [0, 0.1) is 0 Å². The van der Waals surface area contributed by atoms with Crippen molar-refractivity contribution in [1.29, 1.82) is 0 Å². The highest BCUT2D eigenvalue weighted by Crippen LogP contribution is 2.54. The number of hydrogen-bond donors (Lipinski definition) is 1. The van der Waals surface area contributed by atoms with Gasteiger partial charge in [-0.05, 0) is 47.5 Å². The predicted octanol–water partition coefficient (Wildman–Crippen LogP) is 6.29. The molecule has 14 nitrogen and oxygen atoms in total. The van der Waals surface area contributed by atoms with E-state index in [0.29, 0.717) is 11.3 Å². The zero-order chi connectivity index (χ0) is 34.1. The second kappa shape index (κ2) is 18.3. The quantitative estimate of drug-likeness (QED) is 0.0323. The average Bonchev–Trinajstić information content (AvgIpc) is 3.04. The fourth-order valence-electron chi connectivity index (χ4n) is 3.59. The number of carbonyl (C=O) groups is 2. The Hall–Kier alpha value is -4.95. The van der Waals surface area contributed by atoms with Gasteiger partial charge >= 0.3 is 25.8 Å². The third-order valence-corrected chi connectivity index (χ3v) is 7.69. The van der Waals surface area contributed by atoms with Crippen molar-refractivity contribution in [2.24, 2.45) is 5.11 Å². The number of rotatable bonds is 17. The molecule has 47 heavy (non-hydrogen) atoms. The molecule has 1 atom stereocenters. The summed E-state index contributed by atoms with van der Waals surface area (Å²) in [6, 6.07) is 21.8. The van der Waals surface area contributed by atoms with Gasteiger partial charge in [-0.1, -0.05) is 53.6 Å². The number of halogens is 3. The minimum absolute atomic E-state index is 0.0102. The molecule has 0 fully saturated rings. The van der Waals surface area contributed by atoms with Crippen LogP contribution in [0.4, 0.5) is 23.7 Å². The lowest BCUT2D eigenvalue weighted by molar-refractivity contribution is -0.232. The number of alkyl halides is 3. The van der Waals surface area contributed by atoms with Gasteiger partial charge in [0, 0.05) is 23.6 Å². The van der Waals surface area contributed by atoms with Crippen molar-refractivity contribution in [2.75, 3.05) is 45.3 Å². The van der Waals surface area contributed by atoms with Crippen LogP contribution in [0.25, 0.3) is 10.4 Å². The third-order valence-electron chi connectivity index (χ3n) is 5.77. The molecule has 0 bridgehead atoms. The highest BCUT2D eigenvalue weighted by Gasteiger charge is 2.46. The Kier molecular flexibility index (Phi) is 14.2. The number of benzene rings is 3. The Bertz CT molecular complexity index is 1470. The van der Waals surface area contributed by atoms with Crippen LogP contribution in [-0.4, -0.2) is 68.7 Å². The second-order valence-electron chi connectivity index (χ2n) is 9.29. The zero-order valence-corrected chi connectivity index (χ0v) is 25.6. The van der Waals surface area contributed by atoms with E-state index < -0.39 is 44.8 Å². The van der Waals surface area contributed by atoms with E-state index in [1.54, 1.807) is 48.5 Å². The molecule has 1 unspecified atom stereocenters. The number of nitrogen functional groups attached to an aromatic ring is 1. The van der Waals surface area contributed by atoms with Gasteiger partial charge in [-0.3, -0.25) is 0 Å². The van der Waals surface area contributed by atoms with Gasteiger partial charge in [-0.15, -0.1) is 5.06 Å². The number of hydrogen-bond acceptors (Lipinski definition) is 11. The Balaban J connectivity index is 1.88. The maximum absolute atomic E-state index is 14.6. The number of carbonyl (C=O) groups excluding carboxylic acids is 2. The topological polar surface area (TPSA) is 185 Å². The first-order valence-corrected chi connectivity index (χ1v) is 15.5. The summed E-state index contributed by atoms with van der Waals surface area (Å²) < 4.78 is 81.4. The molecule has 0 aliphatic carbocycles. The van der Waals surface area contributed by atoms with Crippen LogP contribution in [0.5, 0.6) is 11.5 Å². The predicted molar refractivity (Wildman–Crippen MR) is 161 cm³/mol. The van der Waals surface area contributed by atoms with Crippen LogP contribution in [0.1, 0.15) is 5.56 Å². The van der Waals surface area contributed by atoms with Crippen molar-refractivity contribution in [3.05, 3.63) is 101 Å². The lowest BCUT2D eigenvalue weighted by Crippen LogP contribution is -2.42. The average molecular weight is 682 g/mol. The molecule has 18 heteroatoms. The number of ether oxygens (including phenoxy) is 3. The molecule has 252 valence electrons. The third kappa shape index (κ3) is 12.8. The van der Waals surface area contributed by atoms with Crippen molar-refractivity contribution in [3.63, 3.8) is 0 Å². The molecule has 0 saturated heterocycles. The van der Waals surface area contributed by atoms with Crippen molar-refractivity contribution >= 4 is 25.3 Å². The van der Waals surface area contributed by atoms with Gasteiger partial charge in [0.1, 0.15) is 11.5 Å². The number of nitrogens with zero attached hydrogens (tertiary/aromatic N) is 4. The molecular formula is C29H31F3N5O9P. The number of para-hydroxylation sites is 2. The van der Waals surface area contributed by atoms with Gasteiger partial charge in [0.05, 0.1) is 33.0 Å². The first kappa shape index (κ1) is 36.5. The number of anilines is 1. The molecule has 1 amide bonds. The summed E-state index contributed by atoms with van der Waals surface area (Å²) in [6.07, 6.45) is -7.41. The number of nitrogens with two attached hydrogens (primary N) is 1. The van der Waals surface area contributed by atoms with Crippen molar-refractivity contribution in [2.45, 2.75) is 18.4 Å². The molecule has 0 radical (unpaired) electrons. The fraction of sp³-hybridized carbons (Fsp3) is 0.310. The molecule has 3 aromatic carbocycles. The summed E-state index contributed by atoms with van der Waals surface area (Å²) in [5.41, 5.74) is 14.9. The molecule has 3 aromatic rings. The second-order valence-corrected chi connectivity index (χ2v) is 11.3. The van der Waals surface area contributed by atoms with Gasteiger partial charge in [-0.25, -0.2) is 14.2 Å². The Morgan fingerprint density at radius 1 is 0.872 bits per heavy atom. The lowest BCUT2D eigenvalue weighted by Gasteiger charge is -2.29. The number of amides is 1. The van der Waals surface area contributed by atoms with Crippen LogP contribution in [-0.2, 0) is 34.8 Å². The largest absolute Gasteiger partial charge is 0.493 e. The lowest BCUT2D eigenvalue weighted by atomic mass is 10.1. The Morgan fingerprint density at radius 3 is 1.96 bits per heavy atom. The summed E-state index contributed by atoms with van der Waals surface area (Å²) in [6.45, 7) is -1.03. The zero-order valence-electron chi connectivity index (χ0n) is 24.7. The summed E-state index contributed by atoms with van der Waals surface area (Å²) in [5, 5.41) is 3.28. The van der Waals surface area contributed by atoms with Crippen LogP contribution in [0.3, 0.4) is 0 Å². The van der Waals surface area contributed by atoms with Crippen molar-refractivity contribution < 1.29 is 55.4 Å². The molecule has 0 heterocycles. The standard InChI is InChI=1S/C29H31F3N5O9P/c30-29(31,32)27(38)44-37(16-18-42-20-19-41-17-15-35-36-34)28(39)43-26(21-22-11-13-23(33)14-12-22)47(40,45-24-7-3-1-4-8-24)46-25-9-5-2-6-10-25/h1-14,26H,15-21,33H2. The number of hydroxylamine groups is 2. The fourth-order valence-corrected chi connectivity index (χ4v) is 5.34. The van der Waals surface area contributed by atoms with Gasteiger partial charge in [-0.2, -0.15) is 13.2 Å². The van der Waals surface area contributed by atoms with E-state index in [9.17, 15) is 27.3 Å². The smallest absolute Gasteiger partial charge is 0.428 e. The van der Waals surface area contributed by atoms with Gasteiger partial charge in [0.2, 0.25) is 5.85 Å². The van der Waals surface area contributed by atoms with E-state index >= 15 is 0 Å². The van der Waals surface area contributed by atoms with E-state index in [1.165, 1.54) is 36.4 Å². The number of azide groups is 1. The van der Waals surface area contributed by atoms with Crippen molar-refractivity contribution in [3.8, 4) is 11.5 Å². The van der Waals surface area contributed by atoms with Gasteiger partial charge in [0.25, 0.3) is 0 Å². The normalized spacial score (nSPS) is 11.9. The highest BCUT2D eigenvalue weighted by atomic mass is 31.2. The first-order valence-electron chi connectivity index (χ1n) is 13.9. The molecule has 3 rings (SSSR count). The van der Waals surface area contributed by atoms with Crippen LogP contribution in [0.15, 0.2) is 90.0 Å². The van der Waals surface area contributed by atoms with E-state index in [1.807, 2.05) is 0 Å². The maximum Gasteiger partial charge on any atom is 0.493 e. The van der Waals surface area contributed by atoms with Gasteiger partial charge < -0.3 is 33.8 Å². The summed E-state index contributed by atoms with van der Waals surface area (Å²) in [5.74, 6) is -4.37. The van der Waals surface area contributed by atoms with E-state index in [2.05, 4.69) is 14.9 Å².